The van der Waals surface area contributed by atoms with Crippen molar-refractivity contribution in [1.82, 2.24) is 0 Å². The van der Waals surface area contributed by atoms with Crippen LogP contribution in [0.15, 0.2) is 58.0 Å². The molecular formula is C17H11BrN2O3. The molecule has 1 aliphatic heterocycles. The Labute approximate surface area is 140 Å². The average Bonchev–Trinajstić information content (AvgIpc) is 2.81. The maximum atomic E-state index is 12.1. The van der Waals surface area contributed by atoms with E-state index in [1.54, 1.807) is 24.3 Å². The van der Waals surface area contributed by atoms with Gasteiger partial charge in [-0.15, -0.1) is 0 Å². The van der Waals surface area contributed by atoms with Crippen molar-refractivity contribution in [3.63, 3.8) is 0 Å². The molecule has 0 fully saturated rings. The molecule has 1 heterocycles. The Hall–Kier alpha value is -2.73. The van der Waals surface area contributed by atoms with Gasteiger partial charge in [-0.3, -0.25) is 4.79 Å². The van der Waals surface area contributed by atoms with Crippen LogP contribution in [0.2, 0.25) is 0 Å². The number of rotatable bonds is 3. The summed E-state index contributed by atoms with van der Waals surface area (Å²) in [6, 6.07) is 12.5. The number of carbonyl (C=O) groups is 2. The first kappa shape index (κ1) is 15.2. The van der Waals surface area contributed by atoms with E-state index in [2.05, 4.69) is 26.2 Å². The zero-order valence-electron chi connectivity index (χ0n) is 11.8. The van der Waals surface area contributed by atoms with Gasteiger partial charge in [-0.1, -0.05) is 28.1 Å². The molecule has 2 aromatic rings. The summed E-state index contributed by atoms with van der Waals surface area (Å²) in [5, 5.41) is 11.4. The van der Waals surface area contributed by atoms with Crippen LogP contribution in [0.25, 0.3) is 6.08 Å². The van der Waals surface area contributed by atoms with Crippen LogP contribution in [-0.4, -0.2) is 22.7 Å². The minimum atomic E-state index is -1.02. The van der Waals surface area contributed by atoms with Crippen molar-refractivity contribution in [2.75, 3.05) is 5.32 Å². The second-order valence-electron chi connectivity index (χ2n) is 4.87. The number of anilines is 1. The fourth-order valence-electron chi connectivity index (χ4n) is 2.23. The van der Waals surface area contributed by atoms with Crippen molar-refractivity contribution >= 4 is 51.0 Å². The Balaban J connectivity index is 1.99. The third kappa shape index (κ3) is 3.37. The third-order valence-corrected chi connectivity index (χ3v) is 3.72. The SMILES string of the molecule is O=C(O)C=Cc1cccc(N=C2C(=O)Nc3ccc(Br)cc32)c1. The highest BCUT2D eigenvalue weighted by molar-refractivity contribution is 9.10. The minimum absolute atomic E-state index is 0.260. The number of carboxylic acids is 1. The molecule has 3 rings (SSSR count). The molecule has 0 atom stereocenters. The van der Waals surface area contributed by atoms with Crippen LogP contribution in [0.1, 0.15) is 11.1 Å². The van der Waals surface area contributed by atoms with Crippen LogP contribution in [-0.2, 0) is 9.59 Å². The third-order valence-electron chi connectivity index (χ3n) is 3.23. The lowest BCUT2D eigenvalue weighted by Gasteiger charge is -2.00. The van der Waals surface area contributed by atoms with E-state index in [1.807, 2.05) is 18.2 Å². The van der Waals surface area contributed by atoms with Gasteiger partial charge in [0.1, 0.15) is 5.71 Å². The molecule has 6 heteroatoms. The van der Waals surface area contributed by atoms with E-state index in [9.17, 15) is 9.59 Å². The van der Waals surface area contributed by atoms with Crippen LogP contribution in [0, 0.1) is 0 Å². The van der Waals surface area contributed by atoms with Gasteiger partial charge in [0.05, 0.1) is 11.4 Å². The number of hydrogen-bond donors (Lipinski definition) is 2. The number of amides is 1. The van der Waals surface area contributed by atoms with Gasteiger partial charge in [-0.2, -0.15) is 0 Å². The van der Waals surface area contributed by atoms with E-state index in [4.69, 9.17) is 5.11 Å². The largest absolute Gasteiger partial charge is 0.478 e. The number of fused-ring (bicyclic) bond motifs is 1. The van der Waals surface area contributed by atoms with Gasteiger partial charge in [-0.05, 0) is 42.0 Å². The van der Waals surface area contributed by atoms with Gasteiger partial charge in [0.2, 0.25) is 0 Å². The van der Waals surface area contributed by atoms with E-state index in [1.165, 1.54) is 6.08 Å². The minimum Gasteiger partial charge on any atom is -0.478 e. The first-order chi connectivity index (χ1) is 11.0. The summed E-state index contributed by atoms with van der Waals surface area (Å²) < 4.78 is 0.860. The van der Waals surface area contributed by atoms with Crippen molar-refractivity contribution in [1.29, 1.82) is 0 Å². The maximum absolute atomic E-state index is 12.1. The van der Waals surface area contributed by atoms with Gasteiger partial charge in [0, 0.05) is 16.1 Å². The molecule has 0 aromatic heterocycles. The standard InChI is InChI=1S/C17H11BrN2O3/c18-11-5-6-14-13(9-11)16(17(23)20-14)19-12-3-1-2-10(8-12)4-7-15(21)22/h1-9H,(H,21,22)(H,19,20,23). The van der Waals surface area contributed by atoms with Crippen molar-refractivity contribution in [2.24, 2.45) is 4.99 Å². The summed E-state index contributed by atoms with van der Waals surface area (Å²) in [4.78, 5) is 27.1. The topological polar surface area (TPSA) is 78.8 Å². The predicted octanol–water partition coefficient (Wildman–Crippen LogP) is 3.62. The Morgan fingerprint density at radius 3 is 2.83 bits per heavy atom. The van der Waals surface area contributed by atoms with Gasteiger partial charge >= 0.3 is 5.97 Å². The fraction of sp³-hybridized carbons (Fsp3) is 0. The molecule has 0 bridgehead atoms. The highest BCUT2D eigenvalue weighted by Gasteiger charge is 2.25. The van der Waals surface area contributed by atoms with Gasteiger partial charge in [0.25, 0.3) is 5.91 Å². The fourth-order valence-corrected chi connectivity index (χ4v) is 2.59. The number of carboxylic acid groups (broad SMARTS) is 1. The van der Waals surface area contributed by atoms with E-state index in [0.717, 1.165) is 21.8 Å². The summed E-state index contributed by atoms with van der Waals surface area (Å²) in [5.74, 6) is -1.28. The number of aliphatic carboxylic acids is 1. The smallest absolute Gasteiger partial charge is 0.328 e. The molecule has 5 nitrogen and oxygen atoms in total. The summed E-state index contributed by atoms with van der Waals surface area (Å²) in [7, 11) is 0. The van der Waals surface area contributed by atoms with Crippen LogP contribution >= 0.6 is 15.9 Å². The van der Waals surface area contributed by atoms with Crippen molar-refractivity contribution in [2.45, 2.75) is 0 Å². The Morgan fingerprint density at radius 1 is 1.22 bits per heavy atom. The number of hydrogen-bond acceptors (Lipinski definition) is 3. The lowest BCUT2D eigenvalue weighted by atomic mass is 10.1. The number of nitrogens with one attached hydrogen (secondary N) is 1. The molecule has 1 amide bonds. The second-order valence-corrected chi connectivity index (χ2v) is 5.79. The van der Waals surface area contributed by atoms with Crippen LogP contribution in [0.3, 0.4) is 0 Å². The number of aliphatic imine (C=N–C) groups is 1. The maximum Gasteiger partial charge on any atom is 0.328 e. The van der Waals surface area contributed by atoms with Crippen LogP contribution < -0.4 is 5.32 Å². The van der Waals surface area contributed by atoms with Crippen molar-refractivity contribution in [3.05, 3.63) is 64.1 Å². The quantitative estimate of drug-likeness (QED) is 0.809. The summed E-state index contributed by atoms with van der Waals surface area (Å²) >= 11 is 3.38. The zero-order valence-corrected chi connectivity index (χ0v) is 13.4. The summed E-state index contributed by atoms with van der Waals surface area (Å²) in [6.45, 7) is 0. The van der Waals surface area contributed by atoms with E-state index >= 15 is 0 Å². The average molecular weight is 371 g/mol. The van der Waals surface area contributed by atoms with Gasteiger partial charge in [0.15, 0.2) is 0 Å². The van der Waals surface area contributed by atoms with Crippen LogP contribution in [0.4, 0.5) is 11.4 Å². The molecule has 2 aromatic carbocycles. The first-order valence-electron chi connectivity index (χ1n) is 6.74. The molecule has 1 aliphatic rings. The number of halogens is 1. The molecule has 0 unspecified atom stereocenters. The van der Waals surface area contributed by atoms with E-state index in [-0.39, 0.29) is 5.91 Å². The zero-order chi connectivity index (χ0) is 16.4. The number of benzene rings is 2. The normalized spacial score (nSPS) is 15.0. The molecule has 114 valence electrons. The molecule has 0 saturated heterocycles. The van der Waals surface area contributed by atoms with E-state index < -0.39 is 5.97 Å². The monoisotopic (exact) mass is 370 g/mol. The lowest BCUT2D eigenvalue weighted by molar-refractivity contribution is -0.131. The molecule has 0 radical (unpaired) electrons. The summed E-state index contributed by atoms with van der Waals surface area (Å²) in [5.41, 5.74) is 3.06. The van der Waals surface area contributed by atoms with Crippen LogP contribution in [0.5, 0.6) is 0 Å². The second kappa shape index (κ2) is 6.18. The highest BCUT2D eigenvalue weighted by Crippen LogP contribution is 2.28. The molecule has 0 saturated carbocycles. The number of nitrogens with zero attached hydrogens (tertiary/aromatic N) is 1. The Kier molecular flexibility index (Phi) is 4.08. The molecular weight excluding hydrogens is 360 g/mol. The van der Waals surface area contributed by atoms with Crippen molar-refractivity contribution < 1.29 is 14.7 Å². The molecule has 0 aliphatic carbocycles. The number of carbonyl (C=O) groups excluding carboxylic acids is 1. The van der Waals surface area contributed by atoms with Crippen molar-refractivity contribution in [3.8, 4) is 0 Å². The predicted molar refractivity (Wildman–Crippen MR) is 92.1 cm³/mol. The molecule has 23 heavy (non-hydrogen) atoms. The highest BCUT2D eigenvalue weighted by atomic mass is 79.9. The summed E-state index contributed by atoms with van der Waals surface area (Å²) in [6.07, 6.45) is 2.53. The Morgan fingerprint density at radius 2 is 2.04 bits per heavy atom. The lowest BCUT2D eigenvalue weighted by Crippen LogP contribution is -2.13. The first-order valence-corrected chi connectivity index (χ1v) is 7.53. The van der Waals surface area contributed by atoms with Gasteiger partial charge < -0.3 is 10.4 Å². The van der Waals surface area contributed by atoms with E-state index in [0.29, 0.717) is 17.0 Å². The molecule has 2 N–H and O–H groups in total. The molecule has 0 spiro atoms. The van der Waals surface area contributed by atoms with Gasteiger partial charge in [-0.25, -0.2) is 9.79 Å². The Bertz CT molecular complexity index is 872.